The molecule has 0 fully saturated rings. The molecule has 1 aromatic carbocycles. The van der Waals surface area contributed by atoms with Gasteiger partial charge in [0.2, 0.25) is 5.76 Å². The van der Waals surface area contributed by atoms with Gasteiger partial charge in [-0.2, -0.15) is 5.26 Å². The van der Waals surface area contributed by atoms with Crippen molar-refractivity contribution in [1.82, 2.24) is 10.5 Å². The van der Waals surface area contributed by atoms with Gasteiger partial charge in [0.05, 0.1) is 11.8 Å². The molecule has 0 aliphatic rings. The van der Waals surface area contributed by atoms with Crippen LogP contribution in [0.3, 0.4) is 0 Å². The molecule has 0 bridgehead atoms. The summed E-state index contributed by atoms with van der Waals surface area (Å²) in [5.74, 6) is -0.352. The molecule has 0 aliphatic carbocycles. The molecule has 1 amide bonds. The number of aromatic nitrogens is 1. The number of amides is 1. The number of rotatable bonds is 3. The summed E-state index contributed by atoms with van der Waals surface area (Å²) in [4.78, 5) is 11.8. The molecule has 1 heterocycles. The zero-order valence-electron chi connectivity index (χ0n) is 9.75. The Kier molecular flexibility index (Phi) is 3.39. The van der Waals surface area contributed by atoms with Crippen molar-refractivity contribution in [3.63, 3.8) is 0 Å². The highest BCUT2D eigenvalue weighted by Crippen LogP contribution is 2.12. The number of nitriles is 1. The van der Waals surface area contributed by atoms with Gasteiger partial charge in [0.15, 0.2) is 0 Å². The largest absolute Gasteiger partial charge is 0.351 e. The Balaban J connectivity index is 2.13. The number of carbonyl (C=O) groups is 1. The molecule has 1 aromatic heterocycles. The van der Waals surface area contributed by atoms with Crippen LogP contribution in [0.1, 0.15) is 27.9 Å². The van der Waals surface area contributed by atoms with Crippen LogP contribution in [0.4, 0.5) is 0 Å². The number of benzene rings is 1. The lowest BCUT2D eigenvalue weighted by Crippen LogP contribution is -2.27. The van der Waals surface area contributed by atoms with Crippen molar-refractivity contribution in [1.29, 1.82) is 5.26 Å². The van der Waals surface area contributed by atoms with Gasteiger partial charge in [-0.1, -0.05) is 35.5 Å². The number of hydrogen-bond acceptors (Lipinski definition) is 4. The Morgan fingerprint density at radius 1 is 1.44 bits per heavy atom. The molecule has 0 radical (unpaired) electrons. The molecular formula is C13H11N3O2. The van der Waals surface area contributed by atoms with Gasteiger partial charge in [0.1, 0.15) is 6.04 Å². The standard InChI is InChI=1S/C13H11N3O2/c1-9-7-12(18-16-9)13(17)15-11(8-14)10-5-3-2-4-6-10/h2-7,11H,1H3,(H,15,17). The highest BCUT2D eigenvalue weighted by Gasteiger charge is 2.17. The van der Waals surface area contributed by atoms with Crippen molar-refractivity contribution in [3.8, 4) is 6.07 Å². The van der Waals surface area contributed by atoms with Crippen LogP contribution >= 0.6 is 0 Å². The predicted octanol–water partition coefficient (Wildman–Crippen LogP) is 1.98. The molecule has 0 saturated heterocycles. The van der Waals surface area contributed by atoms with Crippen molar-refractivity contribution in [2.24, 2.45) is 0 Å². The molecule has 90 valence electrons. The van der Waals surface area contributed by atoms with E-state index in [0.29, 0.717) is 5.69 Å². The van der Waals surface area contributed by atoms with E-state index in [9.17, 15) is 4.79 Å². The molecule has 1 unspecified atom stereocenters. The first kappa shape index (κ1) is 11.9. The first-order valence-electron chi connectivity index (χ1n) is 5.39. The third-order valence-electron chi connectivity index (χ3n) is 2.39. The summed E-state index contributed by atoms with van der Waals surface area (Å²) in [6.07, 6.45) is 0. The number of nitrogens with one attached hydrogen (secondary N) is 1. The summed E-state index contributed by atoms with van der Waals surface area (Å²) in [6.45, 7) is 1.72. The maximum atomic E-state index is 11.8. The van der Waals surface area contributed by atoms with Gasteiger partial charge in [-0.15, -0.1) is 0 Å². The van der Waals surface area contributed by atoms with E-state index in [1.807, 2.05) is 24.3 Å². The molecule has 1 N–H and O–H groups in total. The van der Waals surface area contributed by atoms with Crippen molar-refractivity contribution in [2.75, 3.05) is 0 Å². The van der Waals surface area contributed by atoms with E-state index in [-0.39, 0.29) is 5.76 Å². The third kappa shape index (κ3) is 2.55. The van der Waals surface area contributed by atoms with Crippen LogP contribution in [0.2, 0.25) is 0 Å². The van der Waals surface area contributed by atoms with Crippen molar-refractivity contribution in [2.45, 2.75) is 13.0 Å². The van der Waals surface area contributed by atoms with Gasteiger partial charge in [-0.05, 0) is 12.5 Å². The summed E-state index contributed by atoms with van der Waals surface area (Å²) >= 11 is 0. The average molecular weight is 241 g/mol. The second-order valence-electron chi connectivity index (χ2n) is 3.78. The van der Waals surface area contributed by atoms with Gasteiger partial charge < -0.3 is 9.84 Å². The van der Waals surface area contributed by atoms with Crippen LogP contribution in [-0.4, -0.2) is 11.1 Å². The maximum Gasteiger partial charge on any atom is 0.291 e. The molecule has 18 heavy (non-hydrogen) atoms. The molecule has 2 aromatic rings. The predicted molar refractivity (Wildman–Crippen MR) is 63.5 cm³/mol. The van der Waals surface area contributed by atoms with Crippen LogP contribution < -0.4 is 5.32 Å². The summed E-state index contributed by atoms with van der Waals surface area (Å²) in [6, 6.07) is 11.9. The lowest BCUT2D eigenvalue weighted by atomic mass is 10.1. The summed E-state index contributed by atoms with van der Waals surface area (Å²) in [5, 5.41) is 15.3. The fourth-order valence-corrected chi connectivity index (χ4v) is 1.51. The Hall–Kier alpha value is -2.61. The fourth-order valence-electron chi connectivity index (χ4n) is 1.51. The smallest absolute Gasteiger partial charge is 0.291 e. The van der Waals surface area contributed by atoms with E-state index >= 15 is 0 Å². The molecule has 5 heteroatoms. The molecule has 5 nitrogen and oxygen atoms in total. The first-order chi connectivity index (χ1) is 8.70. The minimum atomic E-state index is -0.705. The summed E-state index contributed by atoms with van der Waals surface area (Å²) < 4.78 is 4.84. The van der Waals surface area contributed by atoms with Crippen LogP contribution in [0.5, 0.6) is 0 Å². The highest BCUT2D eigenvalue weighted by molar-refractivity contribution is 5.91. The van der Waals surface area contributed by atoms with Crippen molar-refractivity contribution in [3.05, 3.63) is 53.4 Å². The van der Waals surface area contributed by atoms with Crippen LogP contribution in [0, 0.1) is 18.3 Å². The van der Waals surface area contributed by atoms with Crippen LogP contribution in [0.25, 0.3) is 0 Å². The van der Waals surface area contributed by atoms with Crippen LogP contribution in [0.15, 0.2) is 40.9 Å². The van der Waals surface area contributed by atoms with E-state index in [1.54, 1.807) is 19.1 Å². The molecular weight excluding hydrogens is 230 g/mol. The molecule has 1 atom stereocenters. The third-order valence-corrected chi connectivity index (χ3v) is 2.39. The van der Waals surface area contributed by atoms with E-state index in [4.69, 9.17) is 9.78 Å². The zero-order valence-corrected chi connectivity index (χ0v) is 9.75. The SMILES string of the molecule is Cc1cc(C(=O)NC(C#N)c2ccccc2)on1. The van der Waals surface area contributed by atoms with E-state index in [2.05, 4.69) is 10.5 Å². The highest BCUT2D eigenvalue weighted by atomic mass is 16.5. The Bertz CT molecular complexity index is 584. The molecule has 0 saturated carbocycles. The molecule has 0 aliphatic heterocycles. The van der Waals surface area contributed by atoms with Gasteiger partial charge in [-0.3, -0.25) is 4.79 Å². The fraction of sp³-hybridized carbons (Fsp3) is 0.154. The number of hydrogen-bond donors (Lipinski definition) is 1. The first-order valence-corrected chi connectivity index (χ1v) is 5.39. The Labute approximate surface area is 104 Å². The number of carbonyl (C=O) groups excluding carboxylic acids is 1. The normalized spacial score (nSPS) is 11.6. The topological polar surface area (TPSA) is 78.9 Å². The van der Waals surface area contributed by atoms with Gasteiger partial charge in [0.25, 0.3) is 5.91 Å². The van der Waals surface area contributed by atoms with Gasteiger partial charge in [-0.25, -0.2) is 0 Å². The quantitative estimate of drug-likeness (QED) is 0.891. The molecule has 2 rings (SSSR count). The van der Waals surface area contributed by atoms with Gasteiger partial charge >= 0.3 is 0 Å². The zero-order chi connectivity index (χ0) is 13.0. The van der Waals surface area contributed by atoms with E-state index in [1.165, 1.54) is 6.07 Å². The van der Waals surface area contributed by atoms with Crippen molar-refractivity contribution >= 4 is 5.91 Å². The monoisotopic (exact) mass is 241 g/mol. The summed E-state index contributed by atoms with van der Waals surface area (Å²) in [7, 11) is 0. The number of aryl methyl sites for hydroxylation is 1. The lowest BCUT2D eigenvalue weighted by Gasteiger charge is -2.09. The average Bonchev–Trinajstić information content (AvgIpc) is 2.83. The lowest BCUT2D eigenvalue weighted by molar-refractivity contribution is 0.0908. The van der Waals surface area contributed by atoms with E-state index < -0.39 is 11.9 Å². The summed E-state index contributed by atoms with van der Waals surface area (Å²) in [5.41, 5.74) is 1.35. The number of nitrogens with zero attached hydrogens (tertiary/aromatic N) is 2. The second-order valence-corrected chi connectivity index (χ2v) is 3.78. The molecule has 0 spiro atoms. The second kappa shape index (κ2) is 5.15. The van der Waals surface area contributed by atoms with E-state index in [0.717, 1.165) is 5.56 Å². The Morgan fingerprint density at radius 3 is 2.72 bits per heavy atom. The van der Waals surface area contributed by atoms with Crippen molar-refractivity contribution < 1.29 is 9.32 Å². The Morgan fingerprint density at radius 2 is 2.17 bits per heavy atom. The minimum absolute atomic E-state index is 0.101. The maximum absolute atomic E-state index is 11.8. The van der Waals surface area contributed by atoms with Crippen LogP contribution in [-0.2, 0) is 0 Å². The van der Waals surface area contributed by atoms with Gasteiger partial charge in [0, 0.05) is 6.07 Å². The minimum Gasteiger partial charge on any atom is -0.351 e.